The molecule has 23 heavy (non-hydrogen) atoms. The number of hydrogen-bond acceptors (Lipinski definition) is 4. The van der Waals surface area contributed by atoms with Crippen LogP contribution in [-0.4, -0.2) is 14.4 Å². The summed E-state index contributed by atoms with van der Waals surface area (Å²) < 4.78 is 30.0. The van der Waals surface area contributed by atoms with Crippen molar-refractivity contribution >= 4 is 27.4 Å². The molecule has 6 heteroatoms. The van der Waals surface area contributed by atoms with Crippen molar-refractivity contribution in [1.29, 1.82) is 0 Å². The van der Waals surface area contributed by atoms with Crippen LogP contribution in [0.25, 0.3) is 0 Å². The number of benzene rings is 2. The molecule has 0 aliphatic rings. The highest BCUT2D eigenvalue weighted by molar-refractivity contribution is 7.91. The Morgan fingerprint density at radius 3 is 2.00 bits per heavy atom. The van der Waals surface area contributed by atoms with Gasteiger partial charge in [0.1, 0.15) is 6.61 Å². The number of carbonyl (C=O) groups is 1. The summed E-state index contributed by atoms with van der Waals surface area (Å²) >= 11 is 5.77. The first-order chi connectivity index (χ1) is 10.8. The highest BCUT2D eigenvalue weighted by Gasteiger charge is 2.17. The Bertz CT molecular complexity index is 822. The van der Waals surface area contributed by atoms with E-state index in [0.717, 1.165) is 0 Å². The van der Waals surface area contributed by atoms with Crippen molar-refractivity contribution in [2.75, 3.05) is 0 Å². The van der Waals surface area contributed by atoms with Gasteiger partial charge in [0.2, 0.25) is 9.84 Å². The smallest absolute Gasteiger partial charge is 0.333 e. The van der Waals surface area contributed by atoms with Crippen molar-refractivity contribution in [3.05, 3.63) is 71.3 Å². The molecule has 0 amide bonds. The fraction of sp³-hybridized carbons (Fsp3) is 0.118. The second-order valence-electron chi connectivity index (χ2n) is 4.96. The van der Waals surface area contributed by atoms with Gasteiger partial charge in [-0.1, -0.05) is 30.3 Å². The maximum absolute atomic E-state index is 12.5. The number of halogens is 1. The minimum Gasteiger partial charge on any atom is -0.457 e. The standard InChI is InChI=1S/C17H15ClO4S/c1-12(2)17(19)22-11-13-3-7-15(8-4-13)23(20,21)16-9-5-14(18)6-10-16/h3-10H,1,11H2,2H3. The van der Waals surface area contributed by atoms with E-state index in [2.05, 4.69) is 6.58 Å². The van der Waals surface area contributed by atoms with E-state index in [4.69, 9.17) is 16.3 Å². The van der Waals surface area contributed by atoms with Gasteiger partial charge in [0, 0.05) is 10.6 Å². The molecule has 0 N–H and O–H groups in total. The lowest BCUT2D eigenvalue weighted by molar-refractivity contribution is -0.140. The minimum atomic E-state index is -3.60. The summed E-state index contributed by atoms with van der Waals surface area (Å²) in [4.78, 5) is 11.7. The van der Waals surface area contributed by atoms with E-state index in [9.17, 15) is 13.2 Å². The summed E-state index contributed by atoms with van der Waals surface area (Å²) in [6, 6.07) is 12.1. The van der Waals surface area contributed by atoms with E-state index in [1.54, 1.807) is 19.1 Å². The molecule has 0 aromatic heterocycles. The van der Waals surface area contributed by atoms with E-state index in [1.807, 2.05) is 0 Å². The molecule has 2 rings (SSSR count). The average molecular weight is 351 g/mol. The van der Waals surface area contributed by atoms with E-state index in [1.165, 1.54) is 36.4 Å². The summed E-state index contributed by atoms with van der Waals surface area (Å²) in [5.74, 6) is -0.483. The molecule has 2 aromatic carbocycles. The van der Waals surface area contributed by atoms with Crippen LogP contribution in [0.15, 0.2) is 70.5 Å². The Hall–Kier alpha value is -2.11. The molecule has 0 saturated heterocycles. The molecule has 0 radical (unpaired) electrons. The summed E-state index contributed by atoms with van der Waals surface area (Å²) in [6.07, 6.45) is 0. The Balaban J connectivity index is 2.17. The quantitative estimate of drug-likeness (QED) is 0.608. The zero-order valence-corrected chi connectivity index (χ0v) is 14.0. The zero-order chi connectivity index (χ0) is 17.0. The zero-order valence-electron chi connectivity index (χ0n) is 12.5. The second-order valence-corrected chi connectivity index (χ2v) is 7.34. The van der Waals surface area contributed by atoms with Crippen molar-refractivity contribution in [2.24, 2.45) is 0 Å². The van der Waals surface area contributed by atoms with Gasteiger partial charge in [-0.2, -0.15) is 0 Å². The van der Waals surface area contributed by atoms with Crippen molar-refractivity contribution < 1.29 is 17.9 Å². The van der Waals surface area contributed by atoms with E-state index in [0.29, 0.717) is 16.2 Å². The number of rotatable bonds is 5. The SMILES string of the molecule is C=C(C)C(=O)OCc1ccc(S(=O)(=O)c2ccc(Cl)cc2)cc1. The summed E-state index contributed by atoms with van der Waals surface area (Å²) in [7, 11) is -3.60. The minimum absolute atomic E-state index is 0.0625. The van der Waals surface area contributed by atoms with E-state index >= 15 is 0 Å². The Labute approximate surface area is 140 Å². The number of esters is 1. The van der Waals surface area contributed by atoms with Crippen molar-refractivity contribution in [2.45, 2.75) is 23.3 Å². The van der Waals surface area contributed by atoms with Gasteiger partial charge >= 0.3 is 5.97 Å². The molecular weight excluding hydrogens is 336 g/mol. The molecule has 0 fully saturated rings. The van der Waals surface area contributed by atoms with Crippen LogP contribution in [0.2, 0.25) is 5.02 Å². The topological polar surface area (TPSA) is 60.4 Å². The summed E-state index contributed by atoms with van der Waals surface area (Å²) in [6.45, 7) is 5.11. The third-order valence-corrected chi connectivity index (χ3v) is 5.11. The molecule has 0 spiro atoms. The Kier molecular flexibility index (Phi) is 5.23. The third-order valence-electron chi connectivity index (χ3n) is 3.08. The lowest BCUT2D eigenvalue weighted by Crippen LogP contribution is -2.05. The second kappa shape index (κ2) is 6.98. The van der Waals surface area contributed by atoms with Gasteiger partial charge in [-0.3, -0.25) is 0 Å². The number of sulfone groups is 1. The van der Waals surface area contributed by atoms with Gasteiger partial charge in [-0.25, -0.2) is 13.2 Å². The molecular formula is C17H15ClO4S. The number of hydrogen-bond donors (Lipinski definition) is 0. The highest BCUT2D eigenvalue weighted by Crippen LogP contribution is 2.22. The van der Waals surface area contributed by atoms with Gasteiger partial charge in [0.05, 0.1) is 9.79 Å². The van der Waals surface area contributed by atoms with Crippen molar-refractivity contribution in [3.63, 3.8) is 0 Å². The van der Waals surface area contributed by atoms with Crippen LogP contribution in [-0.2, 0) is 26.0 Å². The fourth-order valence-electron chi connectivity index (χ4n) is 1.79. The first-order valence-corrected chi connectivity index (χ1v) is 8.59. The first-order valence-electron chi connectivity index (χ1n) is 6.73. The monoisotopic (exact) mass is 350 g/mol. The molecule has 0 saturated carbocycles. The summed E-state index contributed by atoms with van der Waals surface area (Å²) in [5.41, 5.74) is 1.00. The van der Waals surface area contributed by atoms with Crippen molar-refractivity contribution in [1.82, 2.24) is 0 Å². The lowest BCUT2D eigenvalue weighted by Gasteiger charge is -2.07. The van der Waals surface area contributed by atoms with E-state index < -0.39 is 15.8 Å². The highest BCUT2D eigenvalue weighted by atomic mass is 35.5. The largest absolute Gasteiger partial charge is 0.457 e. The van der Waals surface area contributed by atoms with Crippen LogP contribution in [0, 0.1) is 0 Å². The molecule has 120 valence electrons. The maximum Gasteiger partial charge on any atom is 0.333 e. The van der Waals surface area contributed by atoms with Crippen LogP contribution in [0.4, 0.5) is 0 Å². The molecule has 0 heterocycles. The van der Waals surface area contributed by atoms with Crippen molar-refractivity contribution in [3.8, 4) is 0 Å². The van der Waals surface area contributed by atoms with Gasteiger partial charge in [-0.15, -0.1) is 0 Å². The van der Waals surface area contributed by atoms with Gasteiger partial charge in [-0.05, 0) is 48.9 Å². The molecule has 0 unspecified atom stereocenters. The average Bonchev–Trinajstić information content (AvgIpc) is 2.53. The predicted octanol–water partition coefficient (Wildman–Crippen LogP) is 3.79. The molecule has 0 atom stereocenters. The van der Waals surface area contributed by atoms with Crippen LogP contribution < -0.4 is 0 Å². The van der Waals surface area contributed by atoms with Crippen LogP contribution >= 0.6 is 11.6 Å². The van der Waals surface area contributed by atoms with Crippen LogP contribution in [0.3, 0.4) is 0 Å². The normalized spacial score (nSPS) is 11.0. The molecule has 2 aromatic rings. The third kappa shape index (κ3) is 4.21. The van der Waals surface area contributed by atoms with E-state index in [-0.39, 0.29) is 16.4 Å². The van der Waals surface area contributed by atoms with Gasteiger partial charge < -0.3 is 4.74 Å². The number of ether oxygens (including phenoxy) is 1. The predicted molar refractivity (Wildman–Crippen MR) is 88.0 cm³/mol. The van der Waals surface area contributed by atoms with Gasteiger partial charge in [0.15, 0.2) is 0 Å². The number of carbonyl (C=O) groups excluding carboxylic acids is 1. The first kappa shape index (κ1) is 17.2. The van der Waals surface area contributed by atoms with Crippen LogP contribution in [0.1, 0.15) is 12.5 Å². The lowest BCUT2D eigenvalue weighted by atomic mass is 10.2. The molecule has 0 aliphatic heterocycles. The van der Waals surface area contributed by atoms with Crippen LogP contribution in [0.5, 0.6) is 0 Å². The molecule has 0 bridgehead atoms. The molecule has 4 nitrogen and oxygen atoms in total. The van der Waals surface area contributed by atoms with Gasteiger partial charge in [0.25, 0.3) is 0 Å². The molecule has 0 aliphatic carbocycles. The Morgan fingerprint density at radius 2 is 1.52 bits per heavy atom. The summed E-state index contributed by atoms with van der Waals surface area (Å²) in [5, 5.41) is 0.471. The Morgan fingerprint density at radius 1 is 1.04 bits per heavy atom. The maximum atomic E-state index is 12.5. The fourth-order valence-corrected chi connectivity index (χ4v) is 3.17.